The molecule has 0 radical (unpaired) electrons. The van der Waals surface area contributed by atoms with Crippen LogP contribution < -0.4 is 5.73 Å². The third-order valence-corrected chi connectivity index (χ3v) is 1.86. The second-order valence-electron chi connectivity index (χ2n) is 2.74. The van der Waals surface area contributed by atoms with Crippen LogP contribution >= 0.6 is 0 Å². The van der Waals surface area contributed by atoms with Gasteiger partial charge in [-0.3, -0.25) is 4.98 Å². The molecule has 0 aliphatic rings. The van der Waals surface area contributed by atoms with Crippen molar-refractivity contribution in [3.8, 4) is 0 Å². The summed E-state index contributed by atoms with van der Waals surface area (Å²) in [6, 6.07) is 3.57. The molecular formula is C9H10N4. The summed E-state index contributed by atoms with van der Waals surface area (Å²) in [6.45, 7) is 0. The van der Waals surface area contributed by atoms with E-state index in [1.165, 1.54) is 0 Å². The monoisotopic (exact) mass is 174 g/mol. The quantitative estimate of drug-likeness (QED) is 0.709. The van der Waals surface area contributed by atoms with Gasteiger partial charge < -0.3 is 10.7 Å². The van der Waals surface area contributed by atoms with Crippen LogP contribution in [-0.4, -0.2) is 15.0 Å². The van der Waals surface area contributed by atoms with Gasteiger partial charge in [-0.15, -0.1) is 0 Å². The number of nitrogens with two attached hydrogens (primary N) is 1. The number of pyridine rings is 1. The summed E-state index contributed by atoms with van der Waals surface area (Å²) < 4.78 is 0. The second kappa shape index (κ2) is 3.37. The van der Waals surface area contributed by atoms with Crippen LogP contribution in [0.2, 0.25) is 0 Å². The van der Waals surface area contributed by atoms with Crippen LogP contribution in [0.3, 0.4) is 0 Å². The minimum atomic E-state index is -0.219. The molecule has 66 valence electrons. The molecule has 3 N–H and O–H groups in total. The van der Waals surface area contributed by atoms with Gasteiger partial charge in [-0.1, -0.05) is 6.07 Å². The number of H-pyrrole nitrogens is 1. The highest BCUT2D eigenvalue weighted by Gasteiger charge is 2.09. The van der Waals surface area contributed by atoms with Crippen LogP contribution in [0.5, 0.6) is 0 Å². The molecule has 0 aromatic carbocycles. The molecule has 0 amide bonds. The van der Waals surface area contributed by atoms with E-state index in [4.69, 9.17) is 5.73 Å². The summed E-state index contributed by atoms with van der Waals surface area (Å²) in [6.07, 6.45) is 6.91. The van der Waals surface area contributed by atoms with E-state index in [9.17, 15) is 0 Å². The molecule has 4 nitrogen and oxygen atoms in total. The van der Waals surface area contributed by atoms with Crippen molar-refractivity contribution >= 4 is 0 Å². The lowest BCUT2D eigenvalue weighted by atomic mass is 10.1. The van der Waals surface area contributed by atoms with Crippen molar-refractivity contribution in [2.24, 2.45) is 5.73 Å². The maximum Gasteiger partial charge on any atom is 0.127 e. The molecule has 0 spiro atoms. The highest BCUT2D eigenvalue weighted by atomic mass is 14.9. The highest BCUT2D eigenvalue weighted by Crippen LogP contribution is 2.13. The third kappa shape index (κ3) is 1.57. The number of hydrogen-bond acceptors (Lipinski definition) is 3. The van der Waals surface area contributed by atoms with Gasteiger partial charge in [0.1, 0.15) is 5.82 Å². The SMILES string of the molecule is NC(c1cccnc1)c1ncc[nH]1. The van der Waals surface area contributed by atoms with E-state index in [2.05, 4.69) is 15.0 Å². The van der Waals surface area contributed by atoms with Crippen molar-refractivity contribution in [2.75, 3.05) is 0 Å². The number of nitrogens with one attached hydrogen (secondary N) is 1. The van der Waals surface area contributed by atoms with Gasteiger partial charge in [-0.25, -0.2) is 4.98 Å². The Morgan fingerprint density at radius 1 is 1.38 bits per heavy atom. The van der Waals surface area contributed by atoms with E-state index in [1.54, 1.807) is 24.8 Å². The third-order valence-electron chi connectivity index (χ3n) is 1.86. The number of aromatic nitrogens is 3. The molecule has 13 heavy (non-hydrogen) atoms. The van der Waals surface area contributed by atoms with Crippen molar-refractivity contribution in [2.45, 2.75) is 6.04 Å². The van der Waals surface area contributed by atoms with Crippen molar-refractivity contribution in [1.82, 2.24) is 15.0 Å². The van der Waals surface area contributed by atoms with Crippen molar-refractivity contribution in [1.29, 1.82) is 0 Å². The van der Waals surface area contributed by atoms with E-state index in [1.807, 2.05) is 12.1 Å². The van der Waals surface area contributed by atoms with Gasteiger partial charge in [0, 0.05) is 24.8 Å². The standard InChI is InChI=1S/C9H10N4/c10-8(9-12-4-5-13-9)7-2-1-3-11-6-7/h1-6,8H,10H2,(H,12,13). The first-order valence-electron chi connectivity index (χ1n) is 4.02. The maximum absolute atomic E-state index is 5.93. The van der Waals surface area contributed by atoms with Crippen molar-refractivity contribution in [3.05, 3.63) is 48.3 Å². The Balaban J connectivity index is 2.29. The van der Waals surface area contributed by atoms with Gasteiger partial charge >= 0.3 is 0 Å². The molecule has 1 atom stereocenters. The topological polar surface area (TPSA) is 67.6 Å². The van der Waals surface area contributed by atoms with Crippen LogP contribution in [0.4, 0.5) is 0 Å². The first-order chi connectivity index (χ1) is 6.38. The molecular weight excluding hydrogens is 164 g/mol. The maximum atomic E-state index is 5.93. The number of imidazole rings is 1. The molecule has 2 aromatic rings. The lowest BCUT2D eigenvalue weighted by Crippen LogP contribution is -2.13. The molecule has 0 saturated carbocycles. The molecule has 4 heteroatoms. The van der Waals surface area contributed by atoms with E-state index >= 15 is 0 Å². The fourth-order valence-electron chi connectivity index (χ4n) is 1.17. The van der Waals surface area contributed by atoms with Crippen LogP contribution in [0.1, 0.15) is 17.4 Å². The first-order valence-corrected chi connectivity index (χ1v) is 4.02. The van der Waals surface area contributed by atoms with Crippen LogP contribution in [0, 0.1) is 0 Å². The van der Waals surface area contributed by atoms with Gasteiger partial charge in [-0.2, -0.15) is 0 Å². The fraction of sp³-hybridized carbons (Fsp3) is 0.111. The Kier molecular flexibility index (Phi) is 2.06. The summed E-state index contributed by atoms with van der Waals surface area (Å²) >= 11 is 0. The minimum absolute atomic E-state index is 0.219. The number of aromatic amines is 1. The molecule has 0 aliphatic heterocycles. The van der Waals surface area contributed by atoms with E-state index in [0.717, 1.165) is 11.4 Å². The lowest BCUT2D eigenvalue weighted by molar-refractivity contribution is 0.796. The highest BCUT2D eigenvalue weighted by molar-refractivity contribution is 5.20. The Morgan fingerprint density at radius 2 is 2.31 bits per heavy atom. The number of nitrogens with zero attached hydrogens (tertiary/aromatic N) is 2. The van der Waals surface area contributed by atoms with E-state index in [-0.39, 0.29) is 6.04 Å². The largest absolute Gasteiger partial charge is 0.347 e. The van der Waals surface area contributed by atoms with E-state index < -0.39 is 0 Å². The average molecular weight is 174 g/mol. The molecule has 0 fully saturated rings. The summed E-state index contributed by atoms with van der Waals surface area (Å²) in [5, 5.41) is 0. The zero-order valence-electron chi connectivity index (χ0n) is 7.01. The van der Waals surface area contributed by atoms with Gasteiger partial charge in [-0.05, 0) is 11.6 Å². The smallest absolute Gasteiger partial charge is 0.127 e. The lowest BCUT2D eigenvalue weighted by Gasteiger charge is -2.07. The van der Waals surface area contributed by atoms with Crippen LogP contribution in [0.15, 0.2) is 36.9 Å². The average Bonchev–Trinajstić information content (AvgIpc) is 2.71. The number of hydrogen-bond donors (Lipinski definition) is 2. The van der Waals surface area contributed by atoms with Crippen molar-refractivity contribution < 1.29 is 0 Å². The Morgan fingerprint density at radius 3 is 2.92 bits per heavy atom. The van der Waals surface area contributed by atoms with Gasteiger partial charge in [0.05, 0.1) is 6.04 Å². The molecule has 2 rings (SSSR count). The van der Waals surface area contributed by atoms with Gasteiger partial charge in [0.15, 0.2) is 0 Å². The fourth-order valence-corrected chi connectivity index (χ4v) is 1.17. The Hall–Kier alpha value is -1.68. The summed E-state index contributed by atoms with van der Waals surface area (Å²) in [5.74, 6) is 0.757. The van der Waals surface area contributed by atoms with Gasteiger partial charge in [0.25, 0.3) is 0 Å². The summed E-state index contributed by atoms with van der Waals surface area (Å²) in [7, 11) is 0. The van der Waals surface area contributed by atoms with Crippen molar-refractivity contribution in [3.63, 3.8) is 0 Å². The number of rotatable bonds is 2. The zero-order valence-corrected chi connectivity index (χ0v) is 7.01. The zero-order chi connectivity index (χ0) is 9.10. The Labute approximate surface area is 75.8 Å². The molecule has 0 bridgehead atoms. The Bertz CT molecular complexity index is 354. The predicted molar refractivity (Wildman–Crippen MR) is 48.9 cm³/mol. The summed E-state index contributed by atoms with van der Waals surface area (Å²) in [4.78, 5) is 11.0. The minimum Gasteiger partial charge on any atom is -0.347 e. The predicted octanol–water partition coefficient (Wildman–Crippen LogP) is 0.853. The molecule has 1 unspecified atom stereocenters. The molecule has 2 aromatic heterocycles. The van der Waals surface area contributed by atoms with E-state index in [0.29, 0.717) is 0 Å². The van der Waals surface area contributed by atoms with Crippen LogP contribution in [0.25, 0.3) is 0 Å². The molecule has 0 aliphatic carbocycles. The molecule has 0 saturated heterocycles. The first kappa shape index (κ1) is 7.94. The molecule has 2 heterocycles. The van der Waals surface area contributed by atoms with Gasteiger partial charge in [0.2, 0.25) is 0 Å². The normalized spacial score (nSPS) is 12.7. The van der Waals surface area contributed by atoms with Crippen LogP contribution in [-0.2, 0) is 0 Å². The summed E-state index contributed by atoms with van der Waals surface area (Å²) in [5.41, 5.74) is 6.88. The second-order valence-corrected chi connectivity index (χ2v) is 2.74.